The van der Waals surface area contributed by atoms with Crippen molar-refractivity contribution in [3.05, 3.63) is 46.4 Å². The Morgan fingerprint density at radius 3 is 2.57 bits per heavy atom. The Kier molecular flexibility index (Phi) is 9.26. The van der Waals surface area contributed by atoms with Crippen molar-refractivity contribution in [2.45, 2.75) is 25.8 Å². The number of benzene rings is 1. The molecule has 0 atom stereocenters. The van der Waals surface area contributed by atoms with Crippen molar-refractivity contribution in [3.63, 3.8) is 0 Å². The lowest BCUT2D eigenvalue weighted by atomic mass is 10.1. The molecule has 0 aliphatic rings. The summed E-state index contributed by atoms with van der Waals surface area (Å²) >= 11 is 5.92. The fourth-order valence-electron chi connectivity index (χ4n) is 2.55. The van der Waals surface area contributed by atoms with Crippen LogP contribution in [0.2, 0.25) is 5.15 Å². The molecule has 0 aliphatic carbocycles. The molecule has 2 aromatic rings. The molecule has 0 saturated carbocycles. The van der Waals surface area contributed by atoms with E-state index in [1.807, 2.05) is 24.3 Å². The highest BCUT2D eigenvalue weighted by Crippen LogP contribution is 2.15. The summed E-state index contributed by atoms with van der Waals surface area (Å²) < 4.78 is 5.45. The van der Waals surface area contributed by atoms with Crippen molar-refractivity contribution < 1.29 is 9.53 Å². The monoisotopic (exact) mass is 434 g/mol. The molecule has 10 nitrogen and oxygen atoms in total. The number of carbonyl (C=O) groups excluding carboxylic acids is 1. The zero-order chi connectivity index (χ0) is 21.9. The van der Waals surface area contributed by atoms with Crippen molar-refractivity contribution in [2.75, 3.05) is 25.4 Å². The van der Waals surface area contributed by atoms with E-state index in [0.29, 0.717) is 25.4 Å². The first-order chi connectivity index (χ1) is 14.4. The average Bonchev–Trinajstić information content (AvgIpc) is 2.74. The van der Waals surface area contributed by atoms with Crippen molar-refractivity contribution in [3.8, 4) is 5.75 Å². The number of ether oxygens (including phenoxy) is 1. The molecule has 1 aromatic carbocycles. The van der Waals surface area contributed by atoms with Gasteiger partial charge in [-0.1, -0.05) is 23.7 Å². The van der Waals surface area contributed by atoms with Crippen LogP contribution in [0.4, 0.5) is 5.82 Å². The Morgan fingerprint density at radius 1 is 1.17 bits per heavy atom. The summed E-state index contributed by atoms with van der Waals surface area (Å²) in [5.74, 6) is 0.0662. The molecule has 30 heavy (non-hydrogen) atoms. The summed E-state index contributed by atoms with van der Waals surface area (Å²) in [6.07, 6.45) is 2.63. The largest absolute Gasteiger partial charge is 0.492 e. The lowest BCUT2D eigenvalue weighted by Gasteiger charge is -2.08. The number of anilines is 1. The van der Waals surface area contributed by atoms with Gasteiger partial charge < -0.3 is 27.7 Å². The van der Waals surface area contributed by atoms with Gasteiger partial charge in [0.05, 0.1) is 5.69 Å². The first-order valence-electron chi connectivity index (χ1n) is 9.49. The minimum atomic E-state index is -0.635. The number of rotatable bonds is 10. The molecule has 2 rings (SSSR count). The highest BCUT2D eigenvalue weighted by molar-refractivity contribution is 6.30. The molecule has 1 heterocycles. The molecule has 0 spiro atoms. The van der Waals surface area contributed by atoms with Crippen LogP contribution in [0.15, 0.2) is 29.3 Å². The van der Waals surface area contributed by atoms with Gasteiger partial charge in [-0.25, -0.2) is 9.97 Å². The van der Waals surface area contributed by atoms with E-state index in [1.54, 1.807) is 0 Å². The van der Waals surface area contributed by atoms with Crippen molar-refractivity contribution in [2.24, 2.45) is 22.2 Å². The van der Waals surface area contributed by atoms with Crippen LogP contribution in [0.25, 0.3) is 0 Å². The molecular weight excluding hydrogens is 408 g/mol. The van der Waals surface area contributed by atoms with E-state index in [2.05, 4.69) is 20.3 Å². The first-order valence-corrected chi connectivity index (χ1v) is 9.87. The molecule has 1 aromatic heterocycles. The van der Waals surface area contributed by atoms with Crippen LogP contribution in [-0.4, -0.2) is 41.5 Å². The van der Waals surface area contributed by atoms with E-state index in [1.165, 1.54) is 5.56 Å². The van der Waals surface area contributed by atoms with Gasteiger partial charge in [0.1, 0.15) is 12.4 Å². The first kappa shape index (κ1) is 23.3. The van der Waals surface area contributed by atoms with Gasteiger partial charge in [0.2, 0.25) is 0 Å². The SMILES string of the molecule is NCCOc1ccc(CCCCN=C(N)NC(=O)c2nc(Cl)c(CN)nc2N)cc1. The third-order valence-corrected chi connectivity index (χ3v) is 4.36. The van der Waals surface area contributed by atoms with Gasteiger partial charge >= 0.3 is 0 Å². The molecule has 0 radical (unpaired) electrons. The molecule has 0 saturated heterocycles. The number of guanidine groups is 1. The smallest absolute Gasteiger partial charge is 0.280 e. The molecule has 162 valence electrons. The quantitative estimate of drug-likeness (QED) is 0.204. The zero-order valence-electron chi connectivity index (χ0n) is 16.6. The van der Waals surface area contributed by atoms with E-state index in [9.17, 15) is 4.79 Å². The highest BCUT2D eigenvalue weighted by Gasteiger charge is 2.17. The number of hydrogen-bond acceptors (Lipinski definition) is 8. The number of amides is 1. The Hall–Kier alpha value is -2.95. The second kappa shape index (κ2) is 11.9. The van der Waals surface area contributed by atoms with Gasteiger partial charge in [-0.3, -0.25) is 15.1 Å². The second-order valence-electron chi connectivity index (χ2n) is 6.36. The molecule has 0 aliphatic heterocycles. The summed E-state index contributed by atoms with van der Waals surface area (Å²) in [5, 5.41) is 2.45. The third kappa shape index (κ3) is 7.14. The fourth-order valence-corrected chi connectivity index (χ4v) is 2.75. The number of nitrogens with one attached hydrogen (secondary N) is 1. The van der Waals surface area contributed by atoms with E-state index in [4.69, 9.17) is 39.3 Å². The predicted molar refractivity (Wildman–Crippen MR) is 117 cm³/mol. The Bertz CT molecular complexity index is 874. The standard InChI is InChI=1S/C19H27ClN8O2/c20-16-14(11-22)26-17(23)15(27-16)18(29)28-19(24)25-9-2-1-3-12-4-6-13(7-5-12)30-10-8-21/h4-7H,1-3,8-11,21-22H2,(H2,23,26)(H3,24,25,28,29). The minimum Gasteiger partial charge on any atom is -0.492 e. The van der Waals surface area contributed by atoms with Crippen LogP contribution in [0.1, 0.15) is 34.6 Å². The average molecular weight is 435 g/mol. The Balaban J connectivity index is 1.76. The van der Waals surface area contributed by atoms with Gasteiger partial charge in [-0.15, -0.1) is 0 Å². The molecule has 0 bridgehead atoms. The summed E-state index contributed by atoms with van der Waals surface area (Å²) in [6.45, 7) is 1.52. The topological polar surface area (TPSA) is 181 Å². The van der Waals surface area contributed by atoms with Gasteiger partial charge in [-0.2, -0.15) is 0 Å². The van der Waals surface area contributed by atoms with Crippen LogP contribution in [-0.2, 0) is 13.0 Å². The second-order valence-corrected chi connectivity index (χ2v) is 6.72. The number of unbranched alkanes of at least 4 members (excludes halogenated alkanes) is 1. The van der Waals surface area contributed by atoms with Crippen molar-refractivity contribution >= 4 is 29.3 Å². The lowest BCUT2D eigenvalue weighted by molar-refractivity contribution is 0.0972. The van der Waals surface area contributed by atoms with E-state index in [-0.39, 0.29) is 29.2 Å². The summed E-state index contributed by atoms with van der Waals surface area (Å²) in [6, 6.07) is 7.90. The Morgan fingerprint density at radius 2 is 1.90 bits per heavy atom. The predicted octanol–water partition coefficient (Wildman–Crippen LogP) is 0.576. The third-order valence-electron chi connectivity index (χ3n) is 4.06. The molecule has 0 unspecified atom stereocenters. The molecule has 11 heteroatoms. The maximum atomic E-state index is 12.2. The van der Waals surface area contributed by atoms with Crippen LogP contribution in [0.3, 0.4) is 0 Å². The minimum absolute atomic E-state index is 0.0198. The maximum absolute atomic E-state index is 12.2. The number of hydrogen-bond donors (Lipinski definition) is 5. The van der Waals surface area contributed by atoms with Gasteiger partial charge in [0.15, 0.2) is 22.6 Å². The van der Waals surface area contributed by atoms with Crippen LogP contribution in [0, 0.1) is 0 Å². The fraction of sp³-hybridized carbons (Fsp3) is 0.368. The van der Waals surface area contributed by atoms with Crippen LogP contribution >= 0.6 is 11.6 Å². The normalized spacial score (nSPS) is 11.4. The van der Waals surface area contributed by atoms with Crippen LogP contribution < -0.4 is 33.0 Å². The van der Waals surface area contributed by atoms with Crippen molar-refractivity contribution in [1.29, 1.82) is 0 Å². The number of aromatic nitrogens is 2. The summed E-state index contributed by atoms with van der Waals surface area (Å²) in [4.78, 5) is 24.3. The number of nitrogen functional groups attached to an aromatic ring is 1. The van der Waals surface area contributed by atoms with Gasteiger partial charge in [0.25, 0.3) is 5.91 Å². The van der Waals surface area contributed by atoms with Crippen LogP contribution in [0.5, 0.6) is 5.75 Å². The van der Waals surface area contributed by atoms with Gasteiger partial charge in [0, 0.05) is 19.6 Å². The van der Waals surface area contributed by atoms with E-state index < -0.39 is 5.91 Å². The molecule has 9 N–H and O–H groups in total. The molecule has 0 fully saturated rings. The maximum Gasteiger partial charge on any atom is 0.280 e. The van der Waals surface area contributed by atoms with E-state index in [0.717, 1.165) is 25.0 Å². The van der Waals surface area contributed by atoms with Crippen molar-refractivity contribution in [1.82, 2.24) is 15.3 Å². The number of aryl methyl sites for hydroxylation is 1. The molecular formula is C19H27ClN8O2. The molecule has 1 amide bonds. The number of aliphatic imine (C=N–C) groups is 1. The number of nitrogens with zero attached hydrogens (tertiary/aromatic N) is 3. The highest BCUT2D eigenvalue weighted by atomic mass is 35.5. The summed E-state index contributed by atoms with van der Waals surface area (Å²) in [7, 11) is 0. The van der Waals surface area contributed by atoms with Gasteiger partial charge in [-0.05, 0) is 37.0 Å². The Labute approximate surface area is 180 Å². The zero-order valence-corrected chi connectivity index (χ0v) is 17.4. The lowest BCUT2D eigenvalue weighted by Crippen LogP contribution is -2.38. The number of carbonyl (C=O) groups is 1. The number of halogens is 1. The summed E-state index contributed by atoms with van der Waals surface area (Å²) in [5.41, 5.74) is 23.8. The van der Waals surface area contributed by atoms with E-state index >= 15 is 0 Å². The number of nitrogens with two attached hydrogens (primary N) is 4.